The van der Waals surface area contributed by atoms with Crippen LogP contribution in [0.5, 0.6) is 11.8 Å². The molecule has 0 bridgehead atoms. The number of hydrogen-bond acceptors (Lipinski definition) is 6. The Labute approximate surface area is 217 Å². The number of ether oxygens (including phenoxy) is 3. The Balaban J connectivity index is 1.58. The van der Waals surface area contributed by atoms with E-state index in [-0.39, 0.29) is 25.1 Å². The molecule has 0 radical (unpaired) electrons. The van der Waals surface area contributed by atoms with Crippen molar-refractivity contribution in [2.24, 2.45) is 0 Å². The number of nitrogens with zero attached hydrogens (tertiary/aromatic N) is 3. The molecule has 1 heterocycles. The highest BCUT2D eigenvalue weighted by molar-refractivity contribution is 5.91. The normalized spacial score (nSPS) is 11.3. The molecule has 0 aliphatic carbocycles. The second-order valence-corrected chi connectivity index (χ2v) is 8.18. The number of amides is 1. The first-order chi connectivity index (χ1) is 18.3. The predicted molar refractivity (Wildman–Crippen MR) is 134 cm³/mol. The molecule has 3 aromatic carbocycles. The minimum absolute atomic E-state index is 0.0749. The second kappa shape index (κ2) is 11.8. The number of hydrogen-bond donors (Lipinski definition) is 1. The molecular weight excluding hydrogens is 501 g/mol. The van der Waals surface area contributed by atoms with Gasteiger partial charge in [-0.25, -0.2) is 4.68 Å². The molecule has 1 N–H and O–H groups in total. The van der Waals surface area contributed by atoms with E-state index < -0.39 is 11.7 Å². The largest absolute Gasteiger partial charge is 0.497 e. The molecule has 0 saturated heterocycles. The highest BCUT2D eigenvalue weighted by atomic mass is 19.4. The van der Waals surface area contributed by atoms with Crippen molar-refractivity contribution in [2.45, 2.75) is 12.6 Å². The van der Waals surface area contributed by atoms with Gasteiger partial charge in [0, 0.05) is 24.8 Å². The summed E-state index contributed by atoms with van der Waals surface area (Å²) >= 11 is 0. The average Bonchev–Trinajstić information content (AvgIpc) is 3.33. The zero-order valence-corrected chi connectivity index (χ0v) is 20.7. The summed E-state index contributed by atoms with van der Waals surface area (Å²) in [4.78, 5) is 16.2. The molecule has 8 nitrogen and oxygen atoms in total. The van der Waals surface area contributed by atoms with E-state index in [4.69, 9.17) is 14.2 Å². The Morgan fingerprint density at radius 1 is 0.947 bits per heavy atom. The molecule has 4 rings (SSSR count). The summed E-state index contributed by atoms with van der Waals surface area (Å²) in [6.07, 6.45) is -3.87. The number of benzene rings is 3. The standard InChI is InChI=1S/C27H25F3N4O4/c1-36-17-24(35)31-21-9-11-22(12-10-21)34-25(19-5-7-20(8-6-19)27(28,29)30)32-26(33-34)38-16-15-18-3-13-23(37-2)14-4-18/h3-14H,15-17H2,1-2H3,(H,31,35). The topological polar surface area (TPSA) is 87.5 Å². The lowest BCUT2D eigenvalue weighted by molar-refractivity contribution is -0.137. The first-order valence-electron chi connectivity index (χ1n) is 11.6. The van der Waals surface area contributed by atoms with Crippen molar-refractivity contribution in [1.82, 2.24) is 14.8 Å². The number of carbonyl (C=O) groups is 1. The van der Waals surface area contributed by atoms with Crippen molar-refractivity contribution in [1.29, 1.82) is 0 Å². The SMILES string of the molecule is COCC(=O)Nc1ccc(-n2nc(OCCc3ccc(OC)cc3)nc2-c2ccc(C(F)(F)F)cc2)cc1. The van der Waals surface area contributed by atoms with E-state index in [9.17, 15) is 18.0 Å². The third kappa shape index (κ3) is 6.68. The minimum Gasteiger partial charge on any atom is -0.497 e. The molecular formula is C27H25F3N4O4. The number of nitrogens with one attached hydrogen (secondary N) is 1. The van der Waals surface area contributed by atoms with Crippen LogP contribution in [0.25, 0.3) is 17.1 Å². The summed E-state index contributed by atoms with van der Waals surface area (Å²) in [6.45, 7) is 0.202. The van der Waals surface area contributed by atoms with Crippen LogP contribution in [-0.4, -0.2) is 48.1 Å². The molecule has 0 aliphatic heterocycles. The fourth-order valence-electron chi connectivity index (χ4n) is 3.60. The van der Waals surface area contributed by atoms with Crippen LogP contribution in [0.4, 0.5) is 18.9 Å². The van der Waals surface area contributed by atoms with Gasteiger partial charge in [-0.2, -0.15) is 18.2 Å². The maximum Gasteiger partial charge on any atom is 0.416 e. The van der Waals surface area contributed by atoms with Crippen LogP contribution >= 0.6 is 0 Å². The molecule has 0 unspecified atom stereocenters. The number of halogens is 3. The molecule has 11 heteroatoms. The zero-order valence-electron chi connectivity index (χ0n) is 20.7. The second-order valence-electron chi connectivity index (χ2n) is 8.18. The van der Waals surface area contributed by atoms with Gasteiger partial charge in [-0.15, -0.1) is 5.10 Å². The highest BCUT2D eigenvalue weighted by Gasteiger charge is 2.30. The van der Waals surface area contributed by atoms with Gasteiger partial charge in [-0.1, -0.05) is 24.3 Å². The molecule has 1 aromatic heterocycles. The molecule has 4 aromatic rings. The first kappa shape index (κ1) is 26.7. The van der Waals surface area contributed by atoms with Gasteiger partial charge in [0.25, 0.3) is 0 Å². The first-order valence-corrected chi connectivity index (χ1v) is 11.6. The van der Waals surface area contributed by atoms with Crippen molar-refractivity contribution in [2.75, 3.05) is 32.8 Å². The quantitative estimate of drug-likeness (QED) is 0.307. The van der Waals surface area contributed by atoms with Gasteiger partial charge >= 0.3 is 12.2 Å². The van der Waals surface area contributed by atoms with E-state index in [1.807, 2.05) is 24.3 Å². The lowest BCUT2D eigenvalue weighted by Crippen LogP contribution is -2.17. The summed E-state index contributed by atoms with van der Waals surface area (Å²) in [5.74, 6) is 0.744. The van der Waals surface area contributed by atoms with Crippen molar-refractivity contribution in [3.8, 4) is 28.8 Å². The Morgan fingerprint density at radius 3 is 2.24 bits per heavy atom. The fraction of sp³-hybridized carbons (Fsp3) is 0.222. The van der Waals surface area contributed by atoms with Crippen LogP contribution in [-0.2, 0) is 22.1 Å². The Bertz CT molecular complexity index is 1350. The van der Waals surface area contributed by atoms with Gasteiger partial charge in [0.15, 0.2) is 5.82 Å². The smallest absolute Gasteiger partial charge is 0.416 e. The number of aromatic nitrogens is 3. The summed E-state index contributed by atoms with van der Waals surface area (Å²) < 4.78 is 56.5. The molecule has 1 amide bonds. The van der Waals surface area contributed by atoms with Crippen molar-refractivity contribution >= 4 is 11.6 Å². The van der Waals surface area contributed by atoms with E-state index in [2.05, 4.69) is 15.4 Å². The third-order valence-corrected chi connectivity index (χ3v) is 5.51. The molecule has 0 fully saturated rings. The van der Waals surface area contributed by atoms with Crippen LogP contribution < -0.4 is 14.8 Å². The van der Waals surface area contributed by atoms with Gasteiger partial charge in [0.05, 0.1) is 25.0 Å². The Hall–Kier alpha value is -4.38. The van der Waals surface area contributed by atoms with Gasteiger partial charge in [-0.05, 0) is 54.1 Å². The fourth-order valence-corrected chi connectivity index (χ4v) is 3.60. The number of rotatable bonds is 10. The minimum atomic E-state index is -4.45. The van der Waals surface area contributed by atoms with Crippen molar-refractivity contribution in [3.05, 3.63) is 83.9 Å². The van der Waals surface area contributed by atoms with Crippen molar-refractivity contribution < 1.29 is 32.2 Å². The van der Waals surface area contributed by atoms with E-state index in [1.165, 1.54) is 23.9 Å². The van der Waals surface area contributed by atoms with Crippen LogP contribution in [0.2, 0.25) is 0 Å². The lowest BCUT2D eigenvalue weighted by atomic mass is 10.1. The summed E-state index contributed by atoms with van der Waals surface area (Å²) in [5, 5.41) is 7.14. The number of alkyl halides is 3. The van der Waals surface area contributed by atoms with Crippen LogP contribution in [0, 0.1) is 0 Å². The maximum atomic E-state index is 13.1. The van der Waals surface area contributed by atoms with Crippen LogP contribution in [0.15, 0.2) is 72.8 Å². The van der Waals surface area contributed by atoms with Gasteiger partial charge in [-0.3, -0.25) is 4.79 Å². The van der Waals surface area contributed by atoms with Crippen LogP contribution in [0.3, 0.4) is 0 Å². The average molecular weight is 527 g/mol. The molecule has 0 aliphatic rings. The zero-order chi connectivity index (χ0) is 27.1. The predicted octanol–water partition coefficient (Wildman–Crippen LogP) is 5.17. The van der Waals surface area contributed by atoms with E-state index in [0.29, 0.717) is 29.2 Å². The Kier molecular flexibility index (Phi) is 8.27. The highest BCUT2D eigenvalue weighted by Crippen LogP contribution is 2.31. The van der Waals surface area contributed by atoms with E-state index in [1.54, 1.807) is 31.4 Å². The molecule has 198 valence electrons. The molecule has 0 atom stereocenters. The number of carbonyl (C=O) groups excluding carboxylic acids is 1. The number of anilines is 1. The van der Waals surface area contributed by atoms with E-state index in [0.717, 1.165) is 23.4 Å². The molecule has 0 spiro atoms. The van der Waals surface area contributed by atoms with Crippen LogP contribution in [0.1, 0.15) is 11.1 Å². The molecule has 0 saturated carbocycles. The monoisotopic (exact) mass is 526 g/mol. The lowest BCUT2D eigenvalue weighted by Gasteiger charge is -2.09. The van der Waals surface area contributed by atoms with Crippen molar-refractivity contribution in [3.63, 3.8) is 0 Å². The van der Waals surface area contributed by atoms with E-state index >= 15 is 0 Å². The van der Waals surface area contributed by atoms with Gasteiger partial charge < -0.3 is 19.5 Å². The summed E-state index contributed by atoms with van der Waals surface area (Å²) in [6, 6.07) is 19.0. The molecule has 38 heavy (non-hydrogen) atoms. The third-order valence-electron chi connectivity index (χ3n) is 5.51. The Morgan fingerprint density at radius 2 is 1.63 bits per heavy atom. The maximum absolute atomic E-state index is 13.1. The van der Waals surface area contributed by atoms with Gasteiger partial charge in [0.1, 0.15) is 12.4 Å². The summed E-state index contributed by atoms with van der Waals surface area (Å²) in [5.41, 5.74) is 1.80. The number of methoxy groups -OCH3 is 2. The summed E-state index contributed by atoms with van der Waals surface area (Å²) in [7, 11) is 3.02. The van der Waals surface area contributed by atoms with Gasteiger partial charge in [0.2, 0.25) is 5.91 Å².